The van der Waals surface area contributed by atoms with Gasteiger partial charge in [-0.25, -0.2) is 4.98 Å². The maximum atomic E-state index is 5.95. The summed E-state index contributed by atoms with van der Waals surface area (Å²) >= 11 is 1.69. The summed E-state index contributed by atoms with van der Waals surface area (Å²) in [6.07, 6.45) is 2.91. The lowest BCUT2D eigenvalue weighted by Gasteiger charge is -2.14. The van der Waals surface area contributed by atoms with Crippen LogP contribution in [0.3, 0.4) is 0 Å². The number of thiazole rings is 1. The van der Waals surface area contributed by atoms with Crippen LogP contribution in [0.4, 0.5) is 0 Å². The molecule has 0 atom stereocenters. The normalized spacial score (nSPS) is 10.6. The fourth-order valence-electron chi connectivity index (χ4n) is 2.13. The van der Waals surface area contributed by atoms with E-state index in [1.54, 1.807) is 18.4 Å². The first-order valence-corrected chi connectivity index (χ1v) is 8.08. The van der Waals surface area contributed by atoms with Gasteiger partial charge in [-0.2, -0.15) is 0 Å². The van der Waals surface area contributed by atoms with Crippen molar-refractivity contribution in [2.75, 3.05) is 13.7 Å². The van der Waals surface area contributed by atoms with Gasteiger partial charge in [-0.1, -0.05) is 19.1 Å². The van der Waals surface area contributed by atoms with Crippen molar-refractivity contribution >= 4 is 11.3 Å². The van der Waals surface area contributed by atoms with E-state index in [4.69, 9.17) is 15.2 Å². The van der Waals surface area contributed by atoms with Crippen molar-refractivity contribution in [2.24, 2.45) is 5.73 Å². The predicted molar refractivity (Wildman–Crippen MR) is 86.2 cm³/mol. The average molecular weight is 306 g/mol. The van der Waals surface area contributed by atoms with Gasteiger partial charge in [0.15, 0.2) is 11.5 Å². The maximum Gasteiger partial charge on any atom is 0.164 e. The Morgan fingerprint density at radius 3 is 2.86 bits per heavy atom. The number of para-hydroxylation sites is 1. The monoisotopic (exact) mass is 306 g/mol. The molecule has 1 aromatic carbocycles. The lowest BCUT2D eigenvalue weighted by atomic mass is 10.1. The van der Waals surface area contributed by atoms with E-state index in [1.807, 2.05) is 18.2 Å². The summed E-state index contributed by atoms with van der Waals surface area (Å²) in [5.74, 6) is 1.51. The SMILES string of the molecule is CCCc1nc(COc2c(CCN)cccc2OC)cs1. The summed E-state index contributed by atoms with van der Waals surface area (Å²) in [5.41, 5.74) is 7.69. The summed E-state index contributed by atoms with van der Waals surface area (Å²) in [6, 6.07) is 5.88. The van der Waals surface area contributed by atoms with Crippen molar-refractivity contribution in [3.8, 4) is 11.5 Å². The second-order valence-corrected chi connectivity index (χ2v) is 5.70. The minimum Gasteiger partial charge on any atom is -0.493 e. The molecular weight excluding hydrogens is 284 g/mol. The summed E-state index contributed by atoms with van der Waals surface area (Å²) in [6.45, 7) is 3.20. The number of hydrogen-bond acceptors (Lipinski definition) is 5. The molecule has 0 saturated carbocycles. The molecule has 1 heterocycles. The largest absolute Gasteiger partial charge is 0.493 e. The van der Waals surface area contributed by atoms with Crippen LogP contribution in [0.5, 0.6) is 11.5 Å². The van der Waals surface area contributed by atoms with E-state index in [0.717, 1.165) is 42.0 Å². The van der Waals surface area contributed by atoms with Crippen LogP contribution in [-0.4, -0.2) is 18.6 Å². The van der Waals surface area contributed by atoms with Crippen molar-refractivity contribution in [3.05, 3.63) is 39.8 Å². The molecule has 0 spiro atoms. The Labute approximate surface area is 129 Å². The quantitative estimate of drug-likeness (QED) is 0.814. The van der Waals surface area contributed by atoms with E-state index < -0.39 is 0 Å². The molecule has 0 fully saturated rings. The highest BCUT2D eigenvalue weighted by molar-refractivity contribution is 7.09. The lowest BCUT2D eigenvalue weighted by Crippen LogP contribution is -2.06. The zero-order chi connectivity index (χ0) is 15.1. The molecule has 21 heavy (non-hydrogen) atoms. The first kappa shape index (κ1) is 15.8. The maximum absolute atomic E-state index is 5.95. The van der Waals surface area contributed by atoms with Gasteiger partial charge in [0, 0.05) is 5.38 Å². The number of methoxy groups -OCH3 is 1. The van der Waals surface area contributed by atoms with Gasteiger partial charge in [-0.3, -0.25) is 0 Å². The highest BCUT2D eigenvalue weighted by atomic mass is 32.1. The van der Waals surface area contributed by atoms with Crippen molar-refractivity contribution in [2.45, 2.75) is 32.8 Å². The Morgan fingerprint density at radius 2 is 2.14 bits per heavy atom. The van der Waals surface area contributed by atoms with Gasteiger partial charge in [0.25, 0.3) is 0 Å². The van der Waals surface area contributed by atoms with Gasteiger partial charge >= 0.3 is 0 Å². The molecule has 114 valence electrons. The highest BCUT2D eigenvalue weighted by Crippen LogP contribution is 2.32. The number of ether oxygens (including phenoxy) is 2. The molecule has 5 heteroatoms. The van der Waals surface area contributed by atoms with Crippen LogP contribution >= 0.6 is 11.3 Å². The van der Waals surface area contributed by atoms with Crippen LogP contribution < -0.4 is 15.2 Å². The van der Waals surface area contributed by atoms with E-state index >= 15 is 0 Å². The van der Waals surface area contributed by atoms with Crippen molar-refractivity contribution in [1.29, 1.82) is 0 Å². The summed E-state index contributed by atoms with van der Waals surface area (Å²) in [5, 5.41) is 3.22. The smallest absolute Gasteiger partial charge is 0.164 e. The number of aryl methyl sites for hydroxylation is 1. The number of nitrogens with zero attached hydrogens (tertiary/aromatic N) is 1. The molecule has 0 radical (unpaired) electrons. The standard InChI is InChI=1S/C16H22N2O2S/c1-3-5-15-18-13(11-21-15)10-20-16-12(8-9-17)6-4-7-14(16)19-2/h4,6-7,11H,3,5,8-10,17H2,1-2H3. The highest BCUT2D eigenvalue weighted by Gasteiger charge is 2.11. The summed E-state index contributed by atoms with van der Waals surface area (Å²) in [4.78, 5) is 4.57. The van der Waals surface area contributed by atoms with Crippen LogP contribution in [0.1, 0.15) is 29.6 Å². The van der Waals surface area contributed by atoms with Crippen molar-refractivity contribution < 1.29 is 9.47 Å². The number of rotatable bonds is 8. The minimum atomic E-state index is 0.457. The molecule has 0 aliphatic carbocycles. The van der Waals surface area contributed by atoms with E-state index in [-0.39, 0.29) is 0 Å². The van der Waals surface area contributed by atoms with Gasteiger partial charge in [0.1, 0.15) is 6.61 Å². The van der Waals surface area contributed by atoms with E-state index in [2.05, 4.69) is 17.3 Å². The number of nitrogens with two attached hydrogens (primary N) is 1. The van der Waals surface area contributed by atoms with Crippen LogP contribution in [0.15, 0.2) is 23.6 Å². The molecule has 1 aromatic heterocycles. The molecule has 0 aliphatic heterocycles. The molecule has 0 aliphatic rings. The Balaban J connectivity index is 2.10. The molecule has 2 aromatic rings. The molecule has 0 saturated heterocycles. The average Bonchev–Trinajstić information content (AvgIpc) is 2.94. The van der Waals surface area contributed by atoms with Crippen molar-refractivity contribution in [3.63, 3.8) is 0 Å². The van der Waals surface area contributed by atoms with E-state index in [9.17, 15) is 0 Å². The Bertz CT molecular complexity index is 569. The first-order valence-electron chi connectivity index (χ1n) is 7.20. The minimum absolute atomic E-state index is 0.457. The Hall–Kier alpha value is -1.59. The molecule has 0 bridgehead atoms. The van der Waals surface area contributed by atoms with Crippen LogP contribution in [0.25, 0.3) is 0 Å². The molecule has 2 rings (SSSR count). The van der Waals surface area contributed by atoms with Crippen molar-refractivity contribution in [1.82, 2.24) is 4.98 Å². The number of aromatic nitrogens is 1. The molecule has 4 nitrogen and oxygen atoms in total. The first-order chi connectivity index (χ1) is 10.3. The third kappa shape index (κ3) is 4.19. The fourth-order valence-corrected chi connectivity index (χ4v) is 3.01. The summed E-state index contributed by atoms with van der Waals surface area (Å²) < 4.78 is 11.3. The van der Waals surface area contributed by atoms with Gasteiger partial charge < -0.3 is 15.2 Å². The topological polar surface area (TPSA) is 57.4 Å². The molecular formula is C16H22N2O2S. The van der Waals surface area contributed by atoms with E-state index in [0.29, 0.717) is 13.2 Å². The third-order valence-corrected chi connectivity index (χ3v) is 4.08. The molecule has 2 N–H and O–H groups in total. The lowest BCUT2D eigenvalue weighted by molar-refractivity contribution is 0.278. The summed E-state index contributed by atoms with van der Waals surface area (Å²) in [7, 11) is 1.65. The van der Waals surface area contributed by atoms with Gasteiger partial charge in [0.2, 0.25) is 0 Å². The zero-order valence-corrected chi connectivity index (χ0v) is 13.4. The Kier molecular flexibility index (Phi) is 6.02. The van der Waals surface area contributed by atoms with Gasteiger partial charge in [-0.05, 0) is 37.4 Å². The van der Waals surface area contributed by atoms with Crippen LogP contribution in [-0.2, 0) is 19.4 Å². The van der Waals surface area contributed by atoms with E-state index in [1.165, 1.54) is 5.01 Å². The van der Waals surface area contributed by atoms with Crippen LogP contribution in [0.2, 0.25) is 0 Å². The molecule has 0 unspecified atom stereocenters. The van der Waals surface area contributed by atoms with Gasteiger partial charge in [-0.15, -0.1) is 11.3 Å². The fraction of sp³-hybridized carbons (Fsp3) is 0.438. The number of benzene rings is 1. The second kappa shape index (κ2) is 8.00. The number of hydrogen-bond donors (Lipinski definition) is 1. The third-order valence-electron chi connectivity index (χ3n) is 3.12. The van der Waals surface area contributed by atoms with Crippen LogP contribution in [0, 0.1) is 0 Å². The second-order valence-electron chi connectivity index (χ2n) is 4.76. The zero-order valence-electron chi connectivity index (χ0n) is 12.6. The van der Waals surface area contributed by atoms with Gasteiger partial charge in [0.05, 0.1) is 17.8 Å². The Morgan fingerprint density at radius 1 is 1.29 bits per heavy atom. The predicted octanol–water partition coefficient (Wildman–Crippen LogP) is 3.18. The molecule has 0 amide bonds.